The minimum atomic E-state index is -0.412. The maximum absolute atomic E-state index is 10.7. The number of aromatic nitrogens is 1. The fraction of sp³-hybridized carbons (Fsp3) is 0.182. The number of nitrogens with zero attached hydrogens (tertiary/aromatic N) is 2. The SMILES string of the molecule is CC(Nc1cc([N+](=O)[O-])ccc1Br)c1cscn1. The zero-order valence-electron chi connectivity index (χ0n) is 9.46. The van der Waals surface area contributed by atoms with Crippen molar-refractivity contribution in [1.29, 1.82) is 0 Å². The molecule has 0 saturated carbocycles. The molecule has 1 unspecified atom stereocenters. The van der Waals surface area contributed by atoms with Gasteiger partial charge in [-0.05, 0) is 28.9 Å². The van der Waals surface area contributed by atoms with Crippen molar-refractivity contribution >= 4 is 38.6 Å². The first-order valence-electron chi connectivity index (χ1n) is 5.16. The molecule has 2 rings (SSSR count). The van der Waals surface area contributed by atoms with Crippen molar-refractivity contribution in [3.8, 4) is 0 Å². The van der Waals surface area contributed by atoms with E-state index in [1.54, 1.807) is 11.6 Å². The van der Waals surface area contributed by atoms with Gasteiger partial charge < -0.3 is 5.32 Å². The van der Waals surface area contributed by atoms with E-state index in [1.807, 2.05) is 12.3 Å². The largest absolute Gasteiger partial charge is 0.376 e. The average molecular weight is 328 g/mol. The predicted octanol–water partition coefficient (Wildman–Crippen LogP) is 3.99. The van der Waals surface area contributed by atoms with Gasteiger partial charge >= 0.3 is 0 Å². The molecule has 0 bridgehead atoms. The molecule has 1 aromatic heterocycles. The first-order valence-corrected chi connectivity index (χ1v) is 6.90. The van der Waals surface area contributed by atoms with Gasteiger partial charge in [-0.1, -0.05) is 0 Å². The highest BCUT2D eigenvalue weighted by Crippen LogP contribution is 2.30. The summed E-state index contributed by atoms with van der Waals surface area (Å²) in [6.07, 6.45) is 0. The van der Waals surface area contributed by atoms with E-state index in [4.69, 9.17) is 0 Å². The number of halogens is 1. The summed E-state index contributed by atoms with van der Waals surface area (Å²) in [6, 6.07) is 4.62. The highest BCUT2D eigenvalue weighted by atomic mass is 79.9. The van der Waals surface area contributed by atoms with Crippen molar-refractivity contribution < 1.29 is 4.92 Å². The van der Waals surface area contributed by atoms with Crippen molar-refractivity contribution in [3.05, 3.63) is 49.4 Å². The van der Waals surface area contributed by atoms with Crippen molar-refractivity contribution in [2.75, 3.05) is 5.32 Å². The quantitative estimate of drug-likeness (QED) is 0.681. The van der Waals surface area contributed by atoms with Crippen LogP contribution >= 0.6 is 27.3 Å². The number of hydrogen-bond donors (Lipinski definition) is 1. The van der Waals surface area contributed by atoms with Gasteiger partial charge in [0.25, 0.3) is 5.69 Å². The number of nitrogens with one attached hydrogen (secondary N) is 1. The molecule has 7 heteroatoms. The number of anilines is 1. The number of non-ortho nitro benzene ring substituents is 1. The Morgan fingerprint density at radius 1 is 1.56 bits per heavy atom. The summed E-state index contributed by atoms with van der Waals surface area (Å²) in [5, 5.41) is 15.9. The lowest BCUT2D eigenvalue weighted by Crippen LogP contribution is -2.07. The van der Waals surface area contributed by atoms with Crippen LogP contribution in [0.3, 0.4) is 0 Å². The van der Waals surface area contributed by atoms with E-state index in [1.165, 1.54) is 23.5 Å². The fourth-order valence-corrected chi connectivity index (χ4v) is 2.49. The van der Waals surface area contributed by atoms with Crippen LogP contribution in [0.5, 0.6) is 0 Å². The highest BCUT2D eigenvalue weighted by molar-refractivity contribution is 9.10. The number of benzene rings is 1. The minimum absolute atomic E-state index is 0.00504. The van der Waals surface area contributed by atoms with Gasteiger partial charge in [0.2, 0.25) is 0 Å². The lowest BCUT2D eigenvalue weighted by molar-refractivity contribution is -0.384. The monoisotopic (exact) mass is 327 g/mol. The third-order valence-corrected chi connectivity index (χ3v) is 3.72. The zero-order chi connectivity index (χ0) is 13.1. The molecule has 0 radical (unpaired) electrons. The smallest absolute Gasteiger partial charge is 0.271 e. The Morgan fingerprint density at radius 3 is 2.94 bits per heavy atom. The molecule has 0 fully saturated rings. The van der Waals surface area contributed by atoms with Crippen LogP contribution in [0, 0.1) is 10.1 Å². The van der Waals surface area contributed by atoms with Crippen LogP contribution in [0.15, 0.2) is 33.6 Å². The molecule has 2 aromatic rings. The van der Waals surface area contributed by atoms with Gasteiger partial charge in [-0.3, -0.25) is 10.1 Å². The van der Waals surface area contributed by atoms with Gasteiger partial charge in [-0.2, -0.15) is 0 Å². The van der Waals surface area contributed by atoms with Crippen LogP contribution in [-0.2, 0) is 0 Å². The minimum Gasteiger partial charge on any atom is -0.376 e. The Morgan fingerprint density at radius 2 is 2.33 bits per heavy atom. The topological polar surface area (TPSA) is 68.1 Å². The molecule has 0 aliphatic rings. The second-order valence-electron chi connectivity index (χ2n) is 3.70. The molecule has 0 saturated heterocycles. The van der Waals surface area contributed by atoms with Crippen molar-refractivity contribution in [2.45, 2.75) is 13.0 Å². The van der Waals surface area contributed by atoms with Crippen LogP contribution in [0.25, 0.3) is 0 Å². The molecular weight excluding hydrogens is 318 g/mol. The summed E-state index contributed by atoms with van der Waals surface area (Å²) in [4.78, 5) is 14.5. The molecule has 1 atom stereocenters. The van der Waals surface area contributed by atoms with E-state index in [9.17, 15) is 10.1 Å². The zero-order valence-corrected chi connectivity index (χ0v) is 11.9. The maximum Gasteiger partial charge on any atom is 0.271 e. The second-order valence-corrected chi connectivity index (χ2v) is 5.27. The molecule has 18 heavy (non-hydrogen) atoms. The van der Waals surface area contributed by atoms with Gasteiger partial charge in [-0.25, -0.2) is 4.98 Å². The Bertz CT molecular complexity index is 559. The third kappa shape index (κ3) is 2.85. The van der Waals surface area contributed by atoms with Gasteiger partial charge in [0.1, 0.15) is 0 Å². The van der Waals surface area contributed by atoms with Crippen LogP contribution in [0.1, 0.15) is 18.7 Å². The third-order valence-electron chi connectivity index (χ3n) is 2.43. The fourth-order valence-electron chi connectivity index (χ4n) is 1.48. The number of hydrogen-bond acceptors (Lipinski definition) is 5. The van der Waals surface area contributed by atoms with E-state index in [-0.39, 0.29) is 11.7 Å². The van der Waals surface area contributed by atoms with Gasteiger partial charge in [0.15, 0.2) is 0 Å². The molecule has 0 spiro atoms. The molecule has 1 N–H and O–H groups in total. The number of nitro benzene ring substituents is 1. The molecule has 0 amide bonds. The summed E-state index contributed by atoms with van der Waals surface area (Å²) in [7, 11) is 0. The van der Waals surface area contributed by atoms with Crippen LogP contribution in [0.2, 0.25) is 0 Å². The van der Waals surface area contributed by atoms with Crippen molar-refractivity contribution in [3.63, 3.8) is 0 Å². The van der Waals surface area contributed by atoms with Crippen LogP contribution in [-0.4, -0.2) is 9.91 Å². The second kappa shape index (κ2) is 5.45. The molecular formula is C11H10BrN3O2S. The summed E-state index contributed by atoms with van der Waals surface area (Å²) >= 11 is 4.89. The van der Waals surface area contributed by atoms with E-state index in [0.29, 0.717) is 5.69 Å². The Hall–Kier alpha value is -1.47. The lowest BCUT2D eigenvalue weighted by atomic mass is 10.2. The number of rotatable bonds is 4. The summed E-state index contributed by atoms with van der Waals surface area (Å²) in [6.45, 7) is 1.96. The molecule has 0 aliphatic carbocycles. The molecule has 1 aromatic carbocycles. The maximum atomic E-state index is 10.7. The molecule has 5 nitrogen and oxygen atoms in total. The van der Waals surface area contributed by atoms with Gasteiger partial charge in [-0.15, -0.1) is 11.3 Å². The van der Waals surface area contributed by atoms with E-state index >= 15 is 0 Å². The van der Waals surface area contributed by atoms with Crippen LogP contribution < -0.4 is 5.32 Å². The first-order chi connectivity index (χ1) is 8.58. The van der Waals surface area contributed by atoms with Gasteiger partial charge in [0, 0.05) is 22.0 Å². The van der Waals surface area contributed by atoms with Crippen molar-refractivity contribution in [2.24, 2.45) is 0 Å². The molecule has 0 aliphatic heterocycles. The Labute approximate surface area is 116 Å². The molecule has 1 heterocycles. The van der Waals surface area contributed by atoms with Crippen molar-refractivity contribution in [1.82, 2.24) is 4.98 Å². The molecule has 94 valence electrons. The predicted molar refractivity (Wildman–Crippen MR) is 74.9 cm³/mol. The first kappa shape index (κ1) is 13.0. The Balaban J connectivity index is 2.23. The highest BCUT2D eigenvalue weighted by Gasteiger charge is 2.13. The summed E-state index contributed by atoms with van der Waals surface area (Å²) in [5.41, 5.74) is 3.42. The lowest BCUT2D eigenvalue weighted by Gasteiger charge is -2.14. The summed E-state index contributed by atoms with van der Waals surface area (Å²) < 4.78 is 0.787. The average Bonchev–Trinajstić information content (AvgIpc) is 2.85. The summed E-state index contributed by atoms with van der Waals surface area (Å²) in [5.74, 6) is 0. The van der Waals surface area contributed by atoms with E-state index in [0.717, 1.165) is 10.2 Å². The standard InChI is InChI=1S/C11H10BrN3O2S/c1-7(11-5-18-6-13-11)14-10-4-8(15(16)17)2-3-9(10)12/h2-7,14H,1H3. The Kier molecular flexibility index (Phi) is 3.93. The van der Waals surface area contributed by atoms with Gasteiger partial charge in [0.05, 0.1) is 27.9 Å². The number of thiazole rings is 1. The van der Waals surface area contributed by atoms with E-state index < -0.39 is 4.92 Å². The number of nitro groups is 1. The normalized spacial score (nSPS) is 12.1. The van der Waals surface area contributed by atoms with Crippen LogP contribution in [0.4, 0.5) is 11.4 Å². The van der Waals surface area contributed by atoms with E-state index in [2.05, 4.69) is 26.2 Å².